The predicted octanol–water partition coefficient (Wildman–Crippen LogP) is 12.3. The summed E-state index contributed by atoms with van der Waals surface area (Å²) in [6.07, 6.45) is 9.03. The average Bonchev–Trinajstić information content (AvgIpc) is 0.705. The van der Waals surface area contributed by atoms with Gasteiger partial charge in [-0.05, 0) is 131 Å². The Balaban J connectivity index is 0.885. The number of fused-ring (bicyclic) bond motifs is 2. The second-order valence-corrected chi connectivity index (χ2v) is 22.5. The summed E-state index contributed by atoms with van der Waals surface area (Å²) in [6.45, 7) is 18.2. The highest BCUT2D eigenvalue weighted by Gasteiger charge is 2.37. The third kappa shape index (κ3) is 17.7. The lowest BCUT2D eigenvalue weighted by Gasteiger charge is -2.30. The fraction of sp³-hybridized carbons (Fsp3) is 0.500. The maximum atomic E-state index is 14.7. The quantitative estimate of drug-likeness (QED) is 0.0152. The second kappa shape index (κ2) is 35.6. The van der Waals surface area contributed by atoms with Crippen LogP contribution in [0.5, 0.6) is 23.0 Å². The molecule has 0 unspecified atom stereocenters. The first kappa shape index (κ1) is 67.4. The number of carbonyl (C=O) groups excluding carboxylic acids is 4. The van der Waals surface area contributed by atoms with Crippen molar-refractivity contribution in [1.29, 1.82) is 0 Å². The van der Waals surface area contributed by atoms with Crippen molar-refractivity contribution in [3.63, 3.8) is 0 Å². The van der Waals surface area contributed by atoms with E-state index in [4.69, 9.17) is 56.8 Å². The van der Waals surface area contributed by atoms with E-state index in [0.717, 1.165) is 94.8 Å². The van der Waals surface area contributed by atoms with Gasteiger partial charge in [-0.3, -0.25) is 29.0 Å². The number of imide groups is 2. The molecule has 0 atom stereocenters. The SMILES string of the molecule is CCCCOCCOCCOc1cc(CCN2C(=O)c3ccc4c5ccc6c7c(ccc(c8ccc(c3c48)C2=O)c75)C(=O)N(CCc2cc(OCCOCCOCCCC)cc(OCCOCCOCCCC)c2)C6=O)cc(OCCOCCOCCCC)c1. The molecule has 0 saturated carbocycles. The van der Waals surface area contributed by atoms with Crippen LogP contribution in [-0.4, -0.2) is 179 Å². The molecule has 18 nitrogen and oxygen atoms in total. The normalized spacial score (nSPS) is 13.2. The van der Waals surface area contributed by atoms with Crippen molar-refractivity contribution in [2.45, 2.75) is 91.9 Å². The summed E-state index contributed by atoms with van der Waals surface area (Å²) in [7, 11) is 0. The Morgan fingerprint density at radius 3 is 0.756 bits per heavy atom. The minimum absolute atomic E-state index is 0.105. The van der Waals surface area contributed by atoms with Gasteiger partial charge in [-0.1, -0.05) is 77.6 Å². The molecule has 0 bridgehead atoms. The lowest BCUT2D eigenvalue weighted by molar-refractivity contribution is 0.0347. The molecule has 0 N–H and O–H groups in total. The Hall–Kier alpha value is -7.00. The van der Waals surface area contributed by atoms with Crippen LogP contribution in [-0.2, 0) is 50.7 Å². The molecule has 0 radical (unpaired) electrons. The van der Waals surface area contributed by atoms with Crippen LogP contribution in [0.15, 0.2) is 84.9 Å². The van der Waals surface area contributed by atoms with Crippen molar-refractivity contribution in [2.24, 2.45) is 0 Å². The summed E-state index contributed by atoms with van der Waals surface area (Å²) >= 11 is 0. The number of ether oxygens (including phenoxy) is 12. The first-order chi connectivity index (χ1) is 44.2. The van der Waals surface area contributed by atoms with Crippen molar-refractivity contribution in [1.82, 2.24) is 9.80 Å². The van der Waals surface area contributed by atoms with Gasteiger partial charge < -0.3 is 56.8 Å². The third-order valence-corrected chi connectivity index (χ3v) is 16.0. The minimum Gasteiger partial charge on any atom is -0.491 e. The Labute approximate surface area is 528 Å². The molecular weight excluding hydrogens is 1150 g/mol. The highest BCUT2D eigenvalue weighted by atomic mass is 16.6. The lowest BCUT2D eigenvalue weighted by atomic mass is 9.82. The minimum atomic E-state index is -0.393. The van der Waals surface area contributed by atoms with Crippen molar-refractivity contribution >= 4 is 66.7 Å². The molecule has 2 aliphatic heterocycles. The van der Waals surface area contributed by atoms with E-state index in [1.54, 1.807) is 24.3 Å². The number of carbonyl (C=O) groups is 4. The van der Waals surface area contributed by atoms with Crippen molar-refractivity contribution in [2.75, 3.05) is 145 Å². The van der Waals surface area contributed by atoms with Gasteiger partial charge >= 0.3 is 0 Å². The zero-order valence-corrected chi connectivity index (χ0v) is 53.1. The van der Waals surface area contributed by atoms with Gasteiger partial charge in [0, 0.05) is 84.7 Å². The molecular formula is C72H90N2O16. The zero-order chi connectivity index (χ0) is 62.9. The maximum absolute atomic E-state index is 14.7. The molecule has 18 heteroatoms. The highest BCUT2D eigenvalue weighted by molar-refractivity contribution is 6.41. The average molecular weight is 1240 g/mol. The number of hydrogen-bond donors (Lipinski definition) is 0. The molecule has 0 aromatic heterocycles. The molecule has 7 aromatic rings. The molecule has 0 aliphatic carbocycles. The molecule has 9 rings (SSSR count). The molecule has 4 amide bonds. The number of amides is 4. The number of hydrogen-bond acceptors (Lipinski definition) is 16. The summed E-state index contributed by atoms with van der Waals surface area (Å²) in [6, 6.07) is 26.1. The second-order valence-electron chi connectivity index (χ2n) is 22.5. The molecule has 0 fully saturated rings. The van der Waals surface area contributed by atoms with Gasteiger partial charge in [-0.2, -0.15) is 0 Å². The number of benzene rings is 7. The summed E-state index contributed by atoms with van der Waals surface area (Å²) in [5.41, 5.74) is 3.32. The summed E-state index contributed by atoms with van der Waals surface area (Å²) in [5.74, 6) is 0.714. The van der Waals surface area contributed by atoms with Crippen LogP contribution in [0.25, 0.3) is 43.1 Å². The van der Waals surface area contributed by atoms with Crippen LogP contribution in [0.2, 0.25) is 0 Å². The van der Waals surface area contributed by atoms with E-state index < -0.39 is 23.6 Å². The van der Waals surface area contributed by atoms with Crippen LogP contribution in [0, 0.1) is 0 Å². The molecule has 0 saturated heterocycles. The fourth-order valence-electron chi connectivity index (χ4n) is 11.3. The van der Waals surface area contributed by atoms with Gasteiger partial charge in [0.15, 0.2) is 0 Å². The van der Waals surface area contributed by atoms with E-state index >= 15 is 0 Å². The number of unbranched alkanes of at least 4 members (excludes halogenated alkanes) is 4. The van der Waals surface area contributed by atoms with Gasteiger partial charge in [0.2, 0.25) is 0 Å². The van der Waals surface area contributed by atoms with Gasteiger partial charge in [0.25, 0.3) is 23.6 Å². The van der Waals surface area contributed by atoms with Gasteiger partial charge in [0.1, 0.15) is 49.4 Å². The van der Waals surface area contributed by atoms with Gasteiger partial charge in [0.05, 0.1) is 79.3 Å². The van der Waals surface area contributed by atoms with Crippen LogP contribution < -0.4 is 18.9 Å². The summed E-state index contributed by atoms with van der Waals surface area (Å²) in [4.78, 5) is 61.3. The summed E-state index contributed by atoms with van der Waals surface area (Å²) in [5, 5.41) is 5.96. The molecule has 90 heavy (non-hydrogen) atoms. The Bertz CT molecular complexity index is 3030. The van der Waals surface area contributed by atoms with Crippen LogP contribution in [0.1, 0.15) is 132 Å². The zero-order valence-electron chi connectivity index (χ0n) is 53.1. The molecule has 484 valence electrons. The molecule has 2 heterocycles. The Morgan fingerprint density at radius 2 is 0.511 bits per heavy atom. The van der Waals surface area contributed by atoms with Crippen molar-refractivity contribution < 1.29 is 76.0 Å². The van der Waals surface area contributed by atoms with Crippen LogP contribution >= 0.6 is 0 Å². The number of nitrogens with zero attached hydrogens (tertiary/aromatic N) is 2. The van der Waals surface area contributed by atoms with Crippen molar-refractivity contribution in [3.8, 4) is 23.0 Å². The van der Waals surface area contributed by atoms with Crippen LogP contribution in [0.3, 0.4) is 0 Å². The first-order valence-corrected chi connectivity index (χ1v) is 32.6. The lowest BCUT2D eigenvalue weighted by Crippen LogP contribution is -2.41. The smallest absolute Gasteiger partial charge is 0.261 e. The van der Waals surface area contributed by atoms with Gasteiger partial charge in [-0.25, -0.2) is 0 Å². The first-order valence-electron chi connectivity index (χ1n) is 32.6. The van der Waals surface area contributed by atoms with E-state index in [1.165, 1.54) is 9.80 Å². The van der Waals surface area contributed by atoms with E-state index in [-0.39, 0.29) is 13.1 Å². The maximum Gasteiger partial charge on any atom is 0.261 e. The molecule has 2 aliphatic rings. The monoisotopic (exact) mass is 1240 g/mol. The number of rotatable bonds is 46. The van der Waals surface area contributed by atoms with Crippen molar-refractivity contribution in [3.05, 3.63) is 118 Å². The van der Waals surface area contributed by atoms with Gasteiger partial charge in [-0.15, -0.1) is 0 Å². The van der Waals surface area contributed by atoms with E-state index in [0.29, 0.717) is 201 Å². The Morgan fingerprint density at radius 1 is 0.278 bits per heavy atom. The fourth-order valence-corrected chi connectivity index (χ4v) is 11.3. The van der Waals surface area contributed by atoms with E-state index in [2.05, 4.69) is 27.7 Å². The Kier molecular flexibility index (Phi) is 26.6. The molecule has 0 spiro atoms. The summed E-state index contributed by atoms with van der Waals surface area (Å²) < 4.78 is 70.1. The predicted molar refractivity (Wildman–Crippen MR) is 347 cm³/mol. The largest absolute Gasteiger partial charge is 0.491 e. The standard InChI is InChI=1S/C72H90N2O16/c1-5-9-25-79-29-33-83-37-41-87-53-45-51(46-54(49-53)88-42-38-84-34-30-80-26-10-6-2)21-23-73-69(75)61-17-13-57-59-15-19-63-68-64(20-16-60(66(59)68)58-14-18-62(70(73)76)67(61)65(57)58)72(78)74(71(63)77)24-22-52-47-55(89-43-39-85-35-31-81-27-11-7-3)50-56(48-52)90-44-40-86-36-32-82-28-12-8-4/h13-20,45-50H,5-12,21-44H2,1-4H3. The highest BCUT2D eigenvalue weighted by Crippen LogP contribution is 2.46. The van der Waals surface area contributed by atoms with E-state index in [1.807, 2.05) is 60.7 Å². The molecule has 7 aromatic carbocycles. The van der Waals surface area contributed by atoms with E-state index in [9.17, 15) is 19.2 Å². The van der Waals surface area contributed by atoms with Crippen LogP contribution in [0.4, 0.5) is 0 Å². The topological polar surface area (TPSA) is 186 Å². The third-order valence-electron chi connectivity index (χ3n) is 16.0.